The fraction of sp³-hybridized carbons (Fsp3) is 0.462. The predicted molar refractivity (Wildman–Crippen MR) is 64.0 cm³/mol. The second-order valence-electron chi connectivity index (χ2n) is 4.40. The van der Waals surface area contributed by atoms with Gasteiger partial charge in [0.25, 0.3) is 0 Å². The van der Waals surface area contributed by atoms with Crippen molar-refractivity contribution in [1.29, 1.82) is 5.26 Å². The number of fused-ring (bicyclic) bond motifs is 1. The third-order valence-corrected chi connectivity index (χ3v) is 3.03. The van der Waals surface area contributed by atoms with Gasteiger partial charge in [0.2, 0.25) is 6.79 Å². The molecule has 0 aromatic heterocycles. The van der Waals surface area contributed by atoms with Crippen LogP contribution in [0, 0.1) is 18.3 Å². The topological polar surface area (TPSA) is 45.5 Å². The normalized spacial score (nSPS) is 14.8. The van der Waals surface area contributed by atoms with Crippen LogP contribution in [-0.4, -0.2) is 25.8 Å². The molecule has 1 heterocycles. The number of benzene rings is 1. The molecule has 0 saturated carbocycles. The standard InChI is InChI=1S/C13H16N2O2/c1-9-6-12-13(17-8-16-12)7-10(9)11(4-5-14)15(2)3/h6-7,11H,4,8H2,1-3H3. The highest BCUT2D eigenvalue weighted by atomic mass is 16.7. The van der Waals surface area contributed by atoms with Crippen LogP contribution in [-0.2, 0) is 0 Å². The minimum absolute atomic E-state index is 0.0921. The van der Waals surface area contributed by atoms with Crippen molar-refractivity contribution in [3.63, 3.8) is 0 Å². The summed E-state index contributed by atoms with van der Waals surface area (Å²) in [5, 5.41) is 8.90. The maximum absolute atomic E-state index is 8.90. The van der Waals surface area contributed by atoms with Crippen LogP contribution in [0.3, 0.4) is 0 Å². The lowest BCUT2D eigenvalue weighted by Crippen LogP contribution is -2.20. The van der Waals surface area contributed by atoms with E-state index >= 15 is 0 Å². The smallest absolute Gasteiger partial charge is 0.231 e. The molecule has 4 heteroatoms. The molecule has 2 rings (SSSR count). The van der Waals surface area contributed by atoms with Gasteiger partial charge < -0.3 is 14.4 Å². The molecule has 0 amide bonds. The Morgan fingerprint density at radius 1 is 1.35 bits per heavy atom. The van der Waals surface area contributed by atoms with Crippen molar-refractivity contribution in [2.75, 3.05) is 20.9 Å². The largest absolute Gasteiger partial charge is 0.454 e. The lowest BCUT2D eigenvalue weighted by atomic mass is 9.97. The molecule has 1 unspecified atom stereocenters. The van der Waals surface area contributed by atoms with Crippen LogP contribution in [0.2, 0.25) is 0 Å². The molecule has 1 aliphatic heterocycles. The summed E-state index contributed by atoms with van der Waals surface area (Å²) in [6, 6.07) is 6.28. The zero-order chi connectivity index (χ0) is 12.4. The molecule has 0 saturated heterocycles. The highest BCUT2D eigenvalue weighted by Crippen LogP contribution is 2.38. The van der Waals surface area contributed by atoms with Crippen molar-refractivity contribution in [3.8, 4) is 17.6 Å². The number of aryl methyl sites for hydroxylation is 1. The highest BCUT2D eigenvalue weighted by molar-refractivity contribution is 5.49. The van der Waals surface area contributed by atoms with Crippen molar-refractivity contribution < 1.29 is 9.47 Å². The second kappa shape index (κ2) is 4.64. The van der Waals surface area contributed by atoms with Gasteiger partial charge in [-0.3, -0.25) is 0 Å². The van der Waals surface area contributed by atoms with E-state index in [1.165, 1.54) is 0 Å². The molecule has 90 valence electrons. The molecule has 0 N–H and O–H groups in total. The van der Waals surface area contributed by atoms with Crippen LogP contribution >= 0.6 is 0 Å². The first-order valence-electron chi connectivity index (χ1n) is 5.57. The third-order valence-electron chi connectivity index (χ3n) is 3.03. The van der Waals surface area contributed by atoms with Crippen LogP contribution < -0.4 is 9.47 Å². The molecule has 1 atom stereocenters. The summed E-state index contributed by atoms with van der Waals surface area (Å²) in [4.78, 5) is 2.05. The second-order valence-corrected chi connectivity index (χ2v) is 4.40. The summed E-state index contributed by atoms with van der Waals surface area (Å²) in [5.41, 5.74) is 2.25. The van der Waals surface area contributed by atoms with Crippen LogP contribution in [0.1, 0.15) is 23.6 Å². The summed E-state index contributed by atoms with van der Waals surface area (Å²) in [7, 11) is 3.96. The number of rotatable bonds is 3. The average molecular weight is 232 g/mol. The van der Waals surface area contributed by atoms with Gasteiger partial charge in [-0.2, -0.15) is 5.26 Å². The molecular weight excluding hydrogens is 216 g/mol. The van der Waals surface area contributed by atoms with E-state index in [1.54, 1.807) is 0 Å². The van der Waals surface area contributed by atoms with Crippen LogP contribution in [0.5, 0.6) is 11.5 Å². The Kier molecular flexibility index (Phi) is 3.21. The van der Waals surface area contributed by atoms with Gasteiger partial charge in [0.15, 0.2) is 11.5 Å². The van der Waals surface area contributed by atoms with Gasteiger partial charge in [-0.05, 0) is 44.3 Å². The molecule has 0 bridgehead atoms. The Labute approximate surface area is 101 Å². The molecule has 0 spiro atoms. The Bertz CT molecular complexity index is 463. The van der Waals surface area contributed by atoms with Crippen LogP contribution in [0.4, 0.5) is 0 Å². The summed E-state index contributed by atoms with van der Waals surface area (Å²) in [6.07, 6.45) is 0.466. The first kappa shape index (κ1) is 11.7. The van der Waals surface area contributed by atoms with E-state index in [9.17, 15) is 0 Å². The van der Waals surface area contributed by atoms with Crippen molar-refractivity contribution in [2.24, 2.45) is 0 Å². The number of hydrogen-bond donors (Lipinski definition) is 0. The minimum Gasteiger partial charge on any atom is -0.454 e. The van der Waals surface area contributed by atoms with Gasteiger partial charge in [0, 0.05) is 6.04 Å². The third kappa shape index (κ3) is 2.20. The molecule has 0 fully saturated rings. The van der Waals surface area contributed by atoms with Gasteiger partial charge in [-0.1, -0.05) is 0 Å². The SMILES string of the molecule is Cc1cc2c(cc1C(CC#N)N(C)C)OCO2. The number of nitrogens with zero attached hydrogens (tertiary/aromatic N) is 2. The van der Waals surface area contributed by atoms with Crippen molar-refractivity contribution >= 4 is 0 Å². The lowest BCUT2D eigenvalue weighted by molar-refractivity contribution is 0.174. The summed E-state index contributed by atoms with van der Waals surface area (Å²) in [5.74, 6) is 1.57. The molecule has 1 aromatic carbocycles. The number of hydrogen-bond acceptors (Lipinski definition) is 4. The Morgan fingerprint density at radius 2 is 2.00 bits per heavy atom. The first-order chi connectivity index (χ1) is 8.13. The zero-order valence-electron chi connectivity index (χ0n) is 10.4. The molecule has 1 aliphatic rings. The van der Waals surface area contributed by atoms with Crippen LogP contribution in [0.15, 0.2) is 12.1 Å². The molecule has 0 radical (unpaired) electrons. The molecule has 1 aromatic rings. The van der Waals surface area contributed by atoms with E-state index in [-0.39, 0.29) is 12.8 Å². The Balaban J connectivity index is 2.40. The highest BCUT2D eigenvalue weighted by Gasteiger charge is 2.21. The maximum atomic E-state index is 8.90. The van der Waals surface area contributed by atoms with Gasteiger partial charge in [0.05, 0.1) is 12.5 Å². The fourth-order valence-corrected chi connectivity index (χ4v) is 2.08. The minimum atomic E-state index is 0.0921. The van der Waals surface area contributed by atoms with Gasteiger partial charge in [-0.25, -0.2) is 0 Å². The van der Waals surface area contributed by atoms with Gasteiger partial charge >= 0.3 is 0 Å². The van der Waals surface area contributed by atoms with E-state index in [4.69, 9.17) is 14.7 Å². The molecule has 0 aliphatic carbocycles. The number of ether oxygens (including phenoxy) is 2. The van der Waals surface area contributed by atoms with Gasteiger partial charge in [0.1, 0.15) is 0 Å². The zero-order valence-corrected chi connectivity index (χ0v) is 10.4. The summed E-state index contributed by atoms with van der Waals surface area (Å²) >= 11 is 0. The van der Waals surface area contributed by atoms with E-state index < -0.39 is 0 Å². The molecule has 17 heavy (non-hydrogen) atoms. The van der Waals surface area contributed by atoms with E-state index in [2.05, 4.69) is 6.07 Å². The maximum Gasteiger partial charge on any atom is 0.231 e. The Morgan fingerprint density at radius 3 is 2.59 bits per heavy atom. The van der Waals surface area contributed by atoms with E-state index in [0.717, 1.165) is 22.6 Å². The van der Waals surface area contributed by atoms with Crippen molar-refractivity contribution in [2.45, 2.75) is 19.4 Å². The van der Waals surface area contributed by atoms with Crippen molar-refractivity contribution in [1.82, 2.24) is 4.90 Å². The quantitative estimate of drug-likeness (QED) is 0.801. The molecular formula is C13H16N2O2. The first-order valence-corrected chi connectivity index (χ1v) is 5.57. The summed E-state index contributed by atoms with van der Waals surface area (Å²) < 4.78 is 10.7. The fourth-order valence-electron chi connectivity index (χ4n) is 2.08. The van der Waals surface area contributed by atoms with E-state index in [0.29, 0.717) is 6.42 Å². The number of nitriles is 1. The summed E-state index contributed by atoms with van der Waals surface area (Å²) in [6.45, 7) is 2.31. The van der Waals surface area contributed by atoms with Gasteiger partial charge in [-0.15, -0.1) is 0 Å². The lowest BCUT2D eigenvalue weighted by Gasteiger charge is -2.24. The van der Waals surface area contributed by atoms with Crippen molar-refractivity contribution in [3.05, 3.63) is 23.3 Å². The average Bonchev–Trinajstić information content (AvgIpc) is 2.71. The monoisotopic (exact) mass is 232 g/mol. The van der Waals surface area contributed by atoms with Crippen LogP contribution in [0.25, 0.3) is 0 Å². The molecule has 4 nitrogen and oxygen atoms in total. The predicted octanol–water partition coefficient (Wildman–Crippen LogP) is 2.24. The Hall–Kier alpha value is -1.73. The van der Waals surface area contributed by atoms with E-state index in [1.807, 2.05) is 38.1 Å².